The van der Waals surface area contributed by atoms with Gasteiger partial charge in [0.25, 0.3) is 5.91 Å². The van der Waals surface area contributed by atoms with Crippen LogP contribution in [0.25, 0.3) is 11.3 Å². The number of H-pyrrole nitrogens is 1. The Balaban J connectivity index is 1.52. The van der Waals surface area contributed by atoms with Crippen LogP contribution in [0.3, 0.4) is 0 Å². The van der Waals surface area contributed by atoms with Crippen LogP contribution in [0, 0.1) is 5.92 Å². The molecule has 134 valence electrons. The minimum atomic E-state index is -0.565. The number of carbonyl (C=O) groups is 1. The Labute approximate surface area is 148 Å². The van der Waals surface area contributed by atoms with Gasteiger partial charge in [-0.2, -0.15) is 5.10 Å². The zero-order chi connectivity index (χ0) is 17.6. The molecule has 3 rings (SSSR count). The number of aliphatic hydroxyl groups excluding tert-OH is 1. The van der Waals surface area contributed by atoms with Gasteiger partial charge in [-0.3, -0.25) is 9.89 Å². The molecule has 1 fully saturated rings. The maximum absolute atomic E-state index is 12.4. The van der Waals surface area contributed by atoms with Crippen LogP contribution in [0.4, 0.5) is 0 Å². The third-order valence-corrected chi connectivity index (χ3v) is 4.79. The average Bonchev–Trinajstić information content (AvgIpc) is 3.12. The van der Waals surface area contributed by atoms with E-state index in [9.17, 15) is 9.90 Å². The van der Waals surface area contributed by atoms with Crippen LogP contribution in [0.2, 0.25) is 0 Å². The highest BCUT2D eigenvalue weighted by Crippen LogP contribution is 2.20. The Kier molecular flexibility index (Phi) is 5.83. The number of benzene rings is 1. The summed E-state index contributed by atoms with van der Waals surface area (Å²) in [5.74, 6) is 0.546. The molecule has 1 amide bonds. The van der Waals surface area contributed by atoms with Gasteiger partial charge in [-0.05, 0) is 31.8 Å². The second-order valence-corrected chi connectivity index (χ2v) is 6.87. The first-order valence-electron chi connectivity index (χ1n) is 8.91. The normalized spacial score (nSPS) is 17.4. The maximum atomic E-state index is 12.4. The van der Waals surface area contributed by atoms with Crippen molar-refractivity contribution in [3.05, 3.63) is 42.1 Å². The lowest BCUT2D eigenvalue weighted by Crippen LogP contribution is -2.43. The predicted octanol–water partition coefficient (Wildman–Crippen LogP) is 1.90. The molecule has 0 saturated carbocycles. The molecule has 0 spiro atoms. The van der Waals surface area contributed by atoms with Crippen LogP contribution < -0.4 is 5.32 Å². The summed E-state index contributed by atoms with van der Waals surface area (Å²) in [5, 5.41) is 19.9. The highest BCUT2D eigenvalue weighted by Gasteiger charge is 2.20. The van der Waals surface area contributed by atoms with E-state index in [2.05, 4.69) is 27.3 Å². The minimum absolute atomic E-state index is 0.223. The van der Waals surface area contributed by atoms with Gasteiger partial charge in [0.05, 0.1) is 23.6 Å². The summed E-state index contributed by atoms with van der Waals surface area (Å²) in [6, 6.07) is 9.62. The molecule has 2 heterocycles. The smallest absolute Gasteiger partial charge is 0.255 e. The lowest BCUT2D eigenvalue weighted by atomic mass is 9.99. The molecule has 1 atom stereocenters. The zero-order valence-electron chi connectivity index (χ0n) is 14.6. The number of rotatable bonds is 6. The van der Waals surface area contributed by atoms with E-state index in [0.29, 0.717) is 17.8 Å². The van der Waals surface area contributed by atoms with Crippen molar-refractivity contribution >= 4 is 5.91 Å². The van der Waals surface area contributed by atoms with E-state index in [1.807, 2.05) is 30.3 Å². The van der Waals surface area contributed by atoms with Gasteiger partial charge in [-0.1, -0.05) is 37.3 Å². The summed E-state index contributed by atoms with van der Waals surface area (Å²) in [6.07, 6.45) is 3.31. The largest absolute Gasteiger partial charge is 0.390 e. The van der Waals surface area contributed by atoms with Gasteiger partial charge < -0.3 is 15.3 Å². The summed E-state index contributed by atoms with van der Waals surface area (Å²) in [4.78, 5) is 14.7. The van der Waals surface area contributed by atoms with E-state index in [0.717, 1.165) is 24.6 Å². The van der Waals surface area contributed by atoms with Gasteiger partial charge in [-0.25, -0.2) is 0 Å². The van der Waals surface area contributed by atoms with Crippen molar-refractivity contribution in [2.45, 2.75) is 25.9 Å². The Morgan fingerprint density at radius 3 is 2.80 bits per heavy atom. The van der Waals surface area contributed by atoms with E-state index in [1.54, 1.807) is 0 Å². The summed E-state index contributed by atoms with van der Waals surface area (Å²) in [7, 11) is 0. The van der Waals surface area contributed by atoms with Gasteiger partial charge in [0.2, 0.25) is 0 Å². The van der Waals surface area contributed by atoms with Gasteiger partial charge in [0, 0.05) is 18.7 Å². The Morgan fingerprint density at radius 1 is 1.36 bits per heavy atom. The molecule has 0 radical (unpaired) electrons. The molecule has 6 heteroatoms. The summed E-state index contributed by atoms with van der Waals surface area (Å²) >= 11 is 0. The Bertz CT molecular complexity index is 678. The first-order chi connectivity index (χ1) is 12.1. The number of hydrogen-bond donors (Lipinski definition) is 3. The topological polar surface area (TPSA) is 81.2 Å². The van der Waals surface area contributed by atoms with Crippen molar-refractivity contribution in [2.24, 2.45) is 5.92 Å². The first kappa shape index (κ1) is 17.6. The van der Waals surface area contributed by atoms with Gasteiger partial charge >= 0.3 is 0 Å². The fraction of sp³-hybridized carbons (Fsp3) is 0.474. The van der Waals surface area contributed by atoms with Crippen molar-refractivity contribution in [1.82, 2.24) is 20.4 Å². The first-order valence-corrected chi connectivity index (χ1v) is 8.91. The third-order valence-electron chi connectivity index (χ3n) is 4.79. The summed E-state index contributed by atoms with van der Waals surface area (Å²) < 4.78 is 0. The van der Waals surface area contributed by atoms with E-state index in [1.165, 1.54) is 19.0 Å². The van der Waals surface area contributed by atoms with Crippen LogP contribution in [-0.2, 0) is 0 Å². The number of piperidine rings is 1. The number of β-amino-alcohol motifs (C(OH)–C–C–N with tert-alkyl or cyclic N) is 1. The molecule has 1 saturated heterocycles. The van der Waals surface area contributed by atoms with Crippen molar-refractivity contribution in [2.75, 3.05) is 26.2 Å². The predicted molar refractivity (Wildman–Crippen MR) is 97.2 cm³/mol. The van der Waals surface area contributed by atoms with Crippen molar-refractivity contribution < 1.29 is 9.90 Å². The van der Waals surface area contributed by atoms with Crippen LogP contribution in [-0.4, -0.2) is 58.4 Å². The quantitative estimate of drug-likeness (QED) is 0.749. The molecule has 1 aliphatic heterocycles. The number of aromatic nitrogens is 2. The second-order valence-electron chi connectivity index (χ2n) is 6.87. The molecule has 1 aliphatic rings. The van der Waals surface area contributed by atoms with Crippen LogP contribution in [0.15, 0.2) is 36.5 Å². The zero-order valence-corrected chi connectivity index (χ0v) is 14.6. The summed E-state index contributed by atoms with van der Waals surface area (Å²) in [6.45, 7) is 5.15. The standard InChI is InChI=1S/C19H26N4O2/c1-14-7-9-23(10-8-14)13-16(24)11-20-19(25)17-12-21-22-18(17)15-5-3-2-4-6-15/h2-6,12,14,16,24H,7-11,13H2,1H3,(H,20,25)(H,21,22). The number of carbonyl (C=O) groups excluding carboxylic acids is 1. The number of amides is 1. The van der Waals surface area contributed by atoms with E-state index < -0.39 is 6.10 Å². The fourth-order valence-corrected chi connectivity index (χ4v) is 3.20. The maximum Gasteiger partial charge on any atom is 0.255 e. The molecule has 1 unspecified atom stereocenters. The lowest BCUT2D eigenvalue weighted by molar-refractivity contribution is 0.0796. The molecule has 6 nitrogen and oxygen atoms in total. The van der Waals surface area contributed by atoms with Gasteiger partial charge in [-0.15, -0.1) is 0 Å². The minimum Gasteiger partial charge on any atom is -0.390 e. The number of nitrogens with zero attached hydrogens (tertiary/aromatic N) is 2. The van der Waals surface area contributed by atoms with Crippen molar-refractivity contribution in [3.8, 4) is 11.3 Å². The van der Waals surface area contributed by atoms with Crippen LogP contribution in [0.1, 0.15) is 30.1 Å². The molecular weight excluding hydrogens is 316 g/mol. The van der Waals surface area contributed by atoms with Crippen molar-refractivity contribution in [1.29, 1.82) is 0 Å². The molecule has 1 aromatic heterocycles. The average molecular weight is 342 g/mol. The Hall–Kier alpha value is -2.18. The Morgan fingerprint density at radius 2 is 2.08 bits per heavy atom. The van der Waals surface area contributed by atoms with Gasteiger partial charge in [0.1, 0.15) is 0 Å². The SMILES string of the molecule is CC1CCN(CC(O)CNC(=O)c2cn[nH]c2-c2ccccc2)CC1. The number of aliphatic hydroxyl groups is 1. The molecule has 25 heavy (non-hydrogen) atoms. The number of aromatic amines is 1. The highest BCUT2D eigenvalue weighted by molar-refractivity contribution is 5.99. The summed E-state index contributed by atoms with van der Waals surface area (Å²) in [5.41, 5.74) is 2.09. The molecular formula is C19H26N4O2. The van der Waals surface area contributed by atoms with Crippen LogP contribution in [0.5, 0.6) is 0 Å². The van der Waals surface area contributed by atoms with E-state index in [4.69, 9.17) is 0 Å². The second kappa shape index (κ2) is 8.27. The highest BCUT2D eigenvalue weighted by atomic mass is 16.3. The van der Waals surface area contributed by atoms with E-state index in [-0.39, 0.29) is 12.5 Å². The molecule has 2 aromatic rings. The van der Waals surface area contributed by atoms with Gasteiger partial charge in [0.15, 0.2) is 0 Å². The van der Waals surface area contributed by atoms with Crippen LogP contribution >= 0.6 is 0 Å². The number of nitrogens with one attached hydrogen (secondary N) is 2. The monoisotopic (exact) mass is 342 g/mol. The lowest BCUT2D eigenvalue weighted by Gasteiger charge is -2.31. The molecule has 3 N–H and O–H groups in total. The molecule has 0 aliphatic carbocycles. The fourth-order valence-electron chi connectivity index (χ4n) is 3.20. The van der Waals surface area contributed by atoms with E-state index >= 15 is 0 Å². The number of likely N-dealkylation sites (tertiary alicyclic amines) is 1. The molecule has 1 aromatic carbocycles. The number of hydrogen-bond acceptors (Lipinski definition) is 4. The van der Waals surface area contributed by atoms with Crippen molar-refractivity contribution in [3.63, 3.8) is 0 Å². The molecule has 0 bridgehead atoms. The third kappa shape index (κ3) is 4.67.